The van der Waals surface area contributed by atoms with Gasteiger partial charge in [-0.1, -0.05) is 11.6 Å². The number of carbonyl (C=O) groups is 2. The van der Waals surface area contributed by atoms with Crippen molar-refractivity contribution in [2.45, 2.75) is 6.18 Å². The molecule has 0 bridgehead atoms. The molecule has 2 aromatic carbocycles. The van der Waals surface area contributed by atoms with E-state index >= 15 is 0 Å². The van der Waals surface area contributed by atoms with Gasteiger partial charge in [0, 0.05) is 30.5 Å². The first-order valence-corrected chi connectivity index (χ1v) is 7.72. The number of alkyl halides is 3. The van der Waals surface area contributed by atoms with Crippen molar-refractivity contribution < 1.29 is 22.8 Å². The van der Waals surface area contributed by atoms with Crippen molar-refractivity contribution in [3.8, 4) is 0 Å². The minimum Gasteiger partial charge on any atom is -0.378 e. The summed E-state index contributed by atoms with van der Waals surface area (Å²) in [5.41, 5.74) is -0.474. The highest BCUT2D eigenvalue weighted by Crippen LogP contribution is 2.36. The fourth-order valence-corrected chi connectivity index (χ4v) is 2.24. The minimum atomic E-state index is -4.73. The summed E-state index contributed by atoms with van der Waals surface area (Å²) in [7, 11) is 3.68. The second kappa shape index (κ2) is 7.65. The first-order valence-electron chi connectivity index (χ1n) is 7.34. The van der Waals surface area contributed by atoms with Crippen LogP contribution in [-0.4, -0.2) is 25.9 Å². The summed E-state index contributed by atoms with van der Waals surface area (Å²) in [5, 5.41) is 4.14. The van der Waals surface area contributed by atoms with Crippen molar-refractivity contribution in [2.24, 2.45) is 0 Å². The number of rotatable bonds is 3. The second-order valence-electron chi connectivity index (χ2n) is 5.54. The van der Waals surface area contributed by atoms with E-state index in [1.165, 1.54) is 6.07 Å². The van der Waals surface area contributed by atoms with Gasteiger partial charge in [-0.3, -0.25) is 9.59 Å². The average Bonchev–Trinajstić information content (AvgIpc) is 2.56. The van der Waals surface area contributed by atoms with Crippen molar-refractivity contribution >= 4 is 40.5 Å². The number of hydrogen-bond acceptors (Lipinski definition) is 3. The monoisotopic (exact) mass is 385 g/mol. The molecule has 0 atom stereocenters. The van der Waals surface area contributed by atoms with Crippen molar-refractivity contribution in [1.82, 2.24) is 0 Å². The summed E-state index contributed by atoms with van der Waals surface area (Å²) in [6.45, 7) is 0. The lowest BCUT2D eigenvalue weighted by atomic mass is 10.1. The standard InChI is InChI=1S/C17H15ClF3N3O2/c1-24(2)12-6-4-11(5-7-12)22-15(25)16(26)23-14-8-3-10(18)9-13(14)17(19,20)21/h3-9H,1-2H3,(H,22,25)(H,23,26). The number of hydrogen-bond donors (Lipinski definition) is 2. The highest BCUT2D eigenvalue weighted by molar-refractivity contribution is 6.43. The van der Waals surface area contributed by atoms with Crippen LogP contribution < -0.4 is 15.5 Å². The van der Waals surface area contributed by atoms with Crippen molar-refractivity contribution in [2.75, 3.05) is 29.6 Å². The molecule has 0 fully saturated rings. The number of benzene rings is 2. The Kier molecular flexibility index (Phi) is 5.76. The maximum absolute atomic E-state index is 13.0. The molecule has 0 heterocycles. The number of carbonyl (C=O) groups excluding carboxylic acids is 2. The molecule has 2 amide bonds. The SMILES string of the molecule is CN(C)c1ccc(NC(=O)C(=O)Nc2ccc(Cl)cc2C(F)(F)F)cc1. The summed E-state index contributed by atoms with van der Waals surface area (Å²) in [6.07, 6.45) is -4.73. The Balaban J connectivity index is 2.11. The van der Waals surface area contributed by atoms with Crippen LogP contribution >= 0.6 is 11.6 Å². The Labute approximate surface area is 152 Å². The van der Waals surface area contributed by atoms with E-state index < -0.39 is 29.2 Å². The van der Waals surface area contributed by atoms with Crippen LogP contribution in [0.1, 0.15) is 5.56 Å². The van der Waals surface area contributed by atoms with Crippen LogP contribution in [0, 0.1) is 0 Å². The summed E-state index contributed by atoms with van der Waals surface area (Å²) in [4.78, 5) is 25.7. The van der Waals surface area contributed by atoms with Gasteiger partial charge in [-0.05, 0) is 42.5 Å². The highest BCUT2D eigenvalue weighted by Gasteiger charge is 2.34. The van der Waals surface area contributed by atoms with Crippen molar-refractivity contribution in [3.05, 3.63) is 53.1 Å². The zero-order valence-electron chi connectivity index (χ0n) is 13.8. The maximum atomic E-state index is 13.0. The van der Waals surface area contributed by atoms with Gasteiger partial charge in [0.1, 0.15) is 0 Å². The summed E-state index contributed by atoms with van der Waals surface area (Å²) in [5.74, 6) is -2.32. The molecule has 0 aromatic heterocycles. The van der Waals surface area contributed by atoms with E-state index in [2.05, 4.69) is 5.32 Å². The Morgan fingerprint density at radius 1 is 0.962 bits per heavy atom. The van der Waals surface area contributed by atoms with E-state index in [1.807, 2.05) is 24.3 Å². The van der Waals surface area contributed by atoms with Crippen LogP contribution in [0.15, 0.2) is 42.5 Å². The van der Waals surface area contributed by atoms with E-state index in [0.29, 0.717) is 11.8 Å². The van der Waals surface area contributed by atoms with Gasteiger partial charge in [-0.2, -0.15) is 13.2 Å². The zero-order valence-corrected chi connectivity index (χ0v) is 14.6. The lowest BCUT2D eigenvalue weighted by Crippen LogP contribution is -2.30. The molecule has 9 heteroatoms. The fraction of sp³-hybridized carbons (Fsp3) is 0.176. The number of nitrogens with zero attached hydrogens (tertiary/aromatic N) is 1. The molecule has 0 saturated heterocycles. The molecule has 0 aliphatic heterocycles. The topological polar surface area (TPSA) is 61.4 Å². The minimum absolute atomic E-state index is 0.138. The number of halogens is 4. The molecule has 0 aliphatic rings. The Hall–Kier alpha value is -2.74. The largest absolute Gasteiger partial charge is 0.418 e. The van der Waals surface area contributed by atoms with Crippen LogP contribution in [0.5, 0.6) is 0 Å². The lowest BCUT2D eigenvalue weighted by molar-refractivity contribution is -0.137. The van der Waals surface area contributed by atoms with Crippen LogP contribution in [0.2, 0.25) is 5.02 Å². The fourth-order valence-electron chi connectivity index (χ4n) is 2.07. The van der Waals surface area contributed by atoms with Gasteiger partial charge in [0.2, 0.25) is 0 Å². The lowest BCUT2D eigenvalue weighted by Gasteiger charge is -2.14. The van der Waals surface area contributed by atoms with Crippen LogP contribution in [0.3, 0.4) is 0 Å². The van der Waals surface area contributed by atoms with Crippen LogP contribution in [0.4, 0.5) is 30.2 Å². The molecule has 138 valence electrons. The van der Waals surface area contributed by atoms with Gasteiger partial charge < -0.3 is 15.5 Å². The first-order chi connectivity index (χ1) is 12.1. The molecule has 5 nitrogen and oxygen atoms in total. The van der Waals surface area contributed by atoms with Gasteiger partial charge in [0.25, 0.3) is 0 Å². The van der Waals surface area contributed by atoms with Crippen LogP contribution in [0.25, 0.3) is 0 Å². The molecule has 2 rings (SSSR count). The predicted octanol–water partition coefficient (Wildman–Crippen LogP) is 4.00. The molecular formula is C17H15ClF3N3O2. The Morgan fingerprint density at radius 2 is 1.54 bits per heavy atom. The third kappa shape index (κ3) is 4.89. The molecule has 0 radical (unpaired) electrons. The quantitative estimate of drug-likeness (QED) is 0.785. The van der Waals surface area contributed by atoms with Gasteiger partial charge in [-0.15, -0.1) is 0 Å². The molecular weight excluding hydrogens is 371 g/mol. The molecule has 2 aromatic rings. The van der Waals surface area contributed by atoms with E-state index in [-0.39, 0.29) is 5.02 Å². The second-order valence-corrected chi connectivity index (χ2v) is 5.97. The highest BCUT2D eigenvalue weighted by atomic mass is 35.5. The van der Waals surface area contributed by atoms with Crippen molar-refractivity contribution in [1.29, 1.82) is 0 Å². The first kappa shape index (κ1) is 19.6. The van der Waals surface area contributed by atoms with Crippen molar-refractivity contribution in [3.63, 3.8) is 0 Å². The normalized spacial score (nSPS) is 11.0. The van der Waals surface area contributed by atoms with E-state index in [9.17, 15) is 22.8 Å². The van der Waals surface area contributed by atoms with Gasteiger partial charge >= 0.3 is 18.0 Å². The molecule has 2 N–H and O–H groups in total. The van der Waals surface area contributed by atoms with Gasteiger partial charge in [0.15, 0.2) is 0 Å². The molecule has 0 saturated carbocycles. The summed E-state index contributed by atoms with van der Waals surface area (Å²) < 4.78 is 39.0. The number of nitrogens with one attached hydrogen (secondary N) is 2. The average molecular weight is 386 g/mol. The molecule has 0 unspecified atom stereocenters. The van der Waals surface area contributed by atoms with E-state index in [0.717, 1.165) is 11.8 Å². The van der Waals surface area contributed by atoms with E-state index in [1.54, 1.807) is 24.3 Å². The summed E-state index contributed by atoms with van der Waals surface area (Å²) >= 11 is 5.57. The van der Waals surface area contributed by atoms with Crippen LogP contribution in [-0.2, 0) is 15.8 Å². The smallest absolute Gasteiger partial charge is 0.378 e. The number of amides is 2. The predicted molar refractivity (Wildman–Crippen MR) is 94.5 cm³/mol. The maximum Gasteiger partial charge on any atom is 0.418 e. The Bertz CT molecular complexity index is 821. The zero-order chi connectivity index (χ0) is 19.5. The molecule has 26 heavy (non-hydrogen) atoms. The third-order valence-electron chi connectivity index (χ3n) is 3.38. The molecule has 0 aliphatic carbocycles. The number of anilines is 3. The van der Waals surface area contributed by atoms with E-state index in [4.69, 9.17) is 11.6 Å². The third-order valence-corrected chi connectivity index (χ3v) is 3.62. The van der Waals surface area contributed by atoms with Gasteiger partial charge in [-0.25, -0.2) is 0 Å². The molecule has 0 spiro atoms. The summed E-state index contributed by atoms with van der Waals surface area (Å²) in [6, 6.07) is 9.43. The Morgan fingerprint density at radius 3 is 2.08 bits per heavy atom. The van der Waals surface area contributed by atoms with Gasteiger partial charge in [0.05, 0.1) is 11.3 Å².